The number of carbonyl (C=O) groups is 2. The molecule has 0 bridgehead atoms. The lowest BCUT2D eigenvalue weighted by Gasteiger charge is -2.40. The molecule has 1 atom stereocenters. The van der Waals surface area contributed by atoms with E-state index in [0.717, 1.165) is 78.6 Å². The van der Waals surface area contributed by atoms with Crippen LogP contribution in [0.3, 0.4) is 0 Å². The molecule has 3 aromatic heterocycles. The summed E-state index contributed by atoms with van der Waals surface area (Å²) in [5.41, 5.74) is 3.54. The van der Waals surface area contributed by atoms with Gasteiger partial charge in [0, 0.05) is 57.0 Å². The Morgan fingerprint density at radius 1 is 0.962 bits per heavy atom. The highest BCUT2D eigenvalue weighted by Gasteiger charge is 2.37. The number of carbonyl (C=O) groups excluding carboxylic acids is 2. The van der Waals surface area contributed by atoms with Crippen molar-refractivity contribution in [3.63, 3.8) is 0 Å². The second-order valence-corrected chi connectivity index (χ2v) is 17.3. The van der Waals surface area contributed by atoms with Crippen LogP contribution >= 0.6 is 11.9 Å². The first-order chi connectivity index (χ1) is 25.0. The molecule has 0 N–H and O–H groups in total. The van der Waals surface area contributed by atoms with Crippen LogP contribution in [0.15, 0.2) is 30.3 Å². The molecule has 4 fully saturated rings. The molecule has 3 saturated carbocycles. The van der Waals surface area contributed by atoms with Gasteiger partial charge in [0.2, 0.25) is 0 Å². The van der Waals surface area contributed by atoms with Gasteiger partial charge in [-0.25, -0.2) is 14.8 Å². The smallest absolute Gasteiger partial charge is 0.410 e. The van der Waals surface area contributed by atoms with E-state index >= 15 is 0 Å². The fourth-order valence-corrected chi connectivity index (χ4v) is 8.30. The van der Waals surface area contributed by atoms with Gasteiger partial charge in [-0.15, -0.1) is 0 Å². The zero-order valence-electron chi connectivity index (χ0n) is 31.6. The fourth-order valence-electron chi connectivity index (χ4n) is 7.65. The van der Waals surface area contributed by atoms with E-state index in [-0.39, 0.29) is 18.0 Å². The summed E-state index contributed by atoms with van der Waals surface area (Å²) in [4.78, 5) is 41.8. The SMILES string of the molecule is COc1cc(C(=O)N2CCCC(N(CC3CC3)C(=O)OC(C)(C)C)C2)cc2nc(-c3cc4ccc(N(CC5CC5)SC)nc4n3CC3CC3)n(C)c12. The maximum absolute atomic E-state index is 14.2. The third-order valence-corrected chi connectivity index (χ3v) is 11.8. The van der Waals surface area contributed by atoms with E-state index < -0.39 is 5.60 Å². The molecule has 4 heterocycles. The molecule has 1 aliphatic heterocycles. The number of methoxy groups -OCH3 is 1. The first-order valence-electron chi connectivity index (χ1n) is 19.1. The van der Waals surface area contributed by atoms with E-state index in [1.165, 1.54) is 25.7 Å². The maximum Gasteiger partial charge on any atom is 0.410 e. The number of piperidine rings is 1. The molecular weight excluding hydrogens is 675 g/mol. The number of likely N-dealkylation sites (tertiary alicyclic amines) is 1. The zero-order chi connectivity index (χ0) is 36.3. The number of aryl methyl sites for hydroxylation is 1. The van der Waals surface area contributed by atoms with E-state index in [4.69, 9.17) is 19.4 Å². The lowest BCUT2D eigenvalue weighted by Crippen LogP contribution is -2.53. The molecule has 0 spiro atoms. The van der Waals surface area contributed by atoms with E-state index in [9.17, 15) is 9.59 Å². The zero-order valence-corrected chi connectivity index (χ0v) is 32.4. The number of aromatic nitrogens is 4. The topological polar surface area (TPSA) is 98.0 Å². The maximum atomic E-state index is 14.2. The predicted octanol–water partition coefficient (Wildman–Crippen LogP) is 7.75. The van der Waals surface area contributed by atoms with E-state index in [1.807, 2.05) is 49.8 Å². The highest BCUT2D eigenvalue weighted by atomic mass is 32.2. The van der Waals surface area contributed by atoms with Crippen molar-refractivity contribution in [2.45, 2.75) is 90.3 Å². The molecular formula is C40H53N7O4S. The van der Waals surface area contributed by atoms with Crippen molar-refractivity contribution in [1.29, 1.82) is 0 Å². The predicted molar refractivity (Wildman–Crippen MR) is 207 cm³/mol. The molecule has 2 amide bonds. The first-order valence-corrected chi connectivity index (χ1v) is 20.3. The van der Waals surface area contributed by atoms with E-state index in [1.54, 1.807) is 19.1 Å². The molecule has 12 heteroatoms. The Balaban J connectivity index is 1.11. The van der Waals surface area contributed by atoms with Crippen LogP contribution < -0.4 is 9.04 Å². The number of ether oxygens (including phenoxy) is 2. The van der Waals surface area contributed by atoms with Gasteiger partial charge < -0.3 is 32.7 Å². The van der Waals surface area contributed by atoms with Crippen LogP contribution in [0.25, 0.3) is 33.6 Å². The average Bonchev–Trinajstić information content (AvgIpc) is 4.02. The van der Waals surface area contributed by atoms with Gasteiger partial charge in [-0.3, -0.25) is 4.79 Å². The second kappa shape index (κ2) is 13.8. The van der Waals surface area contributed by atoms with Crippen LogP contribution in [0.4, 0.5) is 10.6 Å². The van der Waals surface area contributed by atoms with Crippen molar-refractivity contribution in [1.82, 2.24) is 28.9 Å². The number of amides is 2. The van der Waals surface area contributed by atoms with Gasteiger partial charge in [0.1, 0.15) is 28.3 Å². The summed E-state index contributed by atoms with van der Waals surface area (Å²) in [6.07, 6.45) is 10.9. The van der Waals surface area contributed by atoms with Gasteiger partial charge in [0.25, 0.3) is 5.91 Å². The quantitative estimate of drug-likeness (QED) is 0.137. The van der Waals surface area contributed by atoms with Crippen molar-refractivity contribution >= 4 is 51.8 Å². The molecule has 8 rings (SSSR count). The van der Waals surface area contributed by atoms with Crippen molar-refractivity contribution < 1.29 is 19.1 Å². The van der Waals surface area contributed by atoms with Crippen LogP contribution in [-0.4, -0.2) is 92.1 Å². The molecule has 1 unspecified atom stereocenters. The van der Waals surface area contributed by atoms with Gasteiger partial charge in [-0.1, -0.05) is 11.9 Å². The molecule has 1 aromatic carbocycles. The summed E-state index contributed by atoms with van der Waals surface area (Å²) in [5, 5.41) is 1.10. The van der Waals surface area contributed by atoms with Gasteiger partial charge in [0.05, 0.1) is 24.4 Å². The third-order valence-electron chi connectivity index (χ3n) is 11.0. The number of nitrogens with zero attached hydrogens (tertiary/aromatic N) is 7. The van der Waals surface area contributed by atoms with Gasteiger partial charge in [-0.05, 0) is 120 Å². The van der Waals surface area contributed by atoms with Crippen molar-refractivity contribution in [2.75, 3.05) is 43.8 Å². The van der Waals surface area contributed by atoms with Gasteiger partial charge in [0.15, 0.2) is 5.82 Å². The van der Waals surface area contributed by atoms with Crippen LogP contribution in [-0.2, 0) is 18.3 Å². The molecule has 1 saturated heterocycles. The normalized spacial score (nSPS) is 19.3. The fraction of sp³-hybridized carbons (Fsp3) is 0.600. The third kappa shape index (κ3) is 7.32. The van der Waals surface area contributed by atoms with E-state index in [2.05, 4.69) is 37.9 Å². The monoisotopic (exact) mass is 727 g/mol. The summed E-state index contributed by atoms with van der Waals surface area (Å²) in [6, 6.07) is 10.2. The van der Waals surface area contributed by atoms with Crippen LogP contribution in [0.1, 0.15) is 82.5 Å². The largest absolute Gasteiger partial charge is 0.494 e. The molecule has 4 aromatic rings. The molecule has 278 valence electrons. The minimum Gasteiger partial charge on any atom is -0.494 e. The number of pyridine rings is 1. The number of anilines is 1. The first kappa shape index (κ1) is 35.1. The summed E-state index contributed by atoms with van der Waals surface area (Å²) in [7, 11) is 3.68. The van der Waals surface area contributed by atoms with Crippen LogP contribution in [0.5, 0.6) is 5.75 Å². The van der Waals surface area contributed by atoms with Gasteiger partial charge in [-0.2, -0.15) is 0 Å². The lowest BCUT2D eigenvalue weighted by atomic mass is 10.0. The van der Waals surface area contributed by atoms with Crippen molar-refractivity contribution in [3.8, 4) is 17.3 Å². The van der Waals surface area contributed by atoms with Crippen molar-refractivity contribution in [3.05, 3.63) is 35.9 Å². The summed E-state index contributed by atoms with van der Waals surface area (Å²) in [5.74, 6) is 4.29. The summed E-state index contributed by atoms with van der Waals surface area (Å²) < 4.78 is 18.6. The Morgan fingerprint density at radius 2 is 1.69 bits per heavy atom. The van der Waals surface area contributed by atoms with Crippen LogP contribution in [0.2, 0.25) is 0 Å². The van der Waals surface area contributed by atoms with Crippen molar-refractivity contribution in [2.24, 2.45) is 24.8 Å². The van der Waals surface area contributed by atoms with E-state index in [0.29, 0.717) is 48.3 Å². The molecule has 52 heavy (non-hydrogen) atoms. The Labute approximate surface area is 311 Å². The molecule has 3 aliphatic carbocycles. The Hall–Kier alpha value is -3.93. The number of fused-ring (bicyclic) bond motifs is 2. The standard InChI is InChI=1S/C40H53N7O4S/c1-40(2,3)51-39(49)45(21-25-9-10-25)30-8-7-17-44(24-30)38(48)29-18-31-35(33(20-29)50-5)43(4)37(41-31)32-19-28-15-16-34(47(52-6)23-27-13-14-27)42-36(28)46(32)22-26-11-12-26/h15-16,18-20,25-27,30H,7-14,17,21-24H2,1-6H3. The Bertz CT molecular complexity index is 1990. The Morgan fingerprint density at radius 3 is 2.37 bits per heavy atom. The summed E-state index contributed by atoms with van der Waals surface area (Å²) in [6.45, 7) is 9.43. The lowest BCUT2D eigenvalue weighted by molar-refractivity contribution is 0.00505. The number of imidazole rings is 1. The summed E-state index contributed by atoms with van der Waals surface area (Å²) >= 11 is 1.74. The second-order valence-electron chi connectivity index (χ2n) is 16.5. The number of hydrogen-bond donors (Lipinski definition) is 0. The number of benzene rings is 1. The average molecular weight is 728 g/mol. The molecule has 0 radical (unpaired) electrons. The number of rotatable bonds is 12. The highest BCUT2D eigenvalue weighted by molar-refractivity contribution is 7.99. The highest BCUT2D eigenvalue weighted by Crippen LogP contribution is 2.39. The van der Waals surface area contributed by atoms with Crippen LogP contribution in [0, 0.1) is 17.8 Å². The number of hydrogen-bond acceptors (Lipinski definition) is 8. The Kier molecular flexibility index (Phi) is 9.32. The minimum absolute atomic E-state index is 0.0724. The van der Waals surface area contributed by atoms with Gasteiger partial charge >= 0.3 is 6.09 Å². The molecule has 11 nitrogen and oxygen atoms in total. The minimum atomic E-state index is -0.576. The molecule has 4 aliphatic rings.